The van der Waals surface area contributed by atoms with E-state index < -0.39 is 26.8 Å². The Morgan fingerprint density at radius 3 is 2.56 bits per heavy atom. The van der Waals surface area contributed by atoms with E-state index >= 15 is 0 Å². The van der Waals surface area contributed by atoms with Gasteiger partial charge in [-0.25, -0.2) is 8.42 Å². The standard InChI is InChI=1S/C12H23NO4S/c1-5-17-10(14)8-18(15,16)9-6-7-12(2,3)11(9)13-4/h9,11,13H,5-8H2,1-4H3. The van der Waals surface area contributed by atoms with Crippen LogP contribution in [0.25, 0.3) is 0 Å². The predicted molar refractivity (Wildman–Crippen MR) is 70.1 cm³/mol. The molecule has 1 rings (SSSR count). The molecule has 1 aliphatic rings. The minimum Gasteiger partial charge on any atom is -0.465 e. The maximum absolute atomic E-state index is 12.2. The lowest BCUT2D eigenvalue weighted by atomic mass is 9.87. The summed E-state index contributed by atoms with van der Waals surface area (Å²) in [6, 6.07) is -0.114. The summed E-state index contributed by atoms with van der Waals surface area (Å²) < 4.78 is 29.2. The van der Waals surface area contributed by atoms with Crippen LogP contribution in [0.3, 0.4) is 0 Å². The van der Waals surface area contributed by atoms with Gasteiger partial charge in [-0.3, -0.25) is 4.79 Å². The lowest BCUT2D eigenvalue weighted by molar-refractivity contribution is -0.139. The molecule has 2 atom stereocenters. The van der Waals surface area contributed by atoms with E-state index in [9.17, 15) is 13.2 Å². The second-order valence-corrected chi connectivity index (χ2v) is 7.66. The first-order valence-electron chi connectivity index (χ1n) is 6.29. The molecule has 1 N–H and O–H groups in total. The lowest BCUT2D eigenvalue weighted by Gasteiger charge is -2.30. The van der Waals surface area contributed by atoms with Crippen molar-refractivity contribution < 1.29 is 17.9 Å². The third-order valence-corrected chi connectivity index (χ3v) is 5.75. The summed E-state index contributed by atoms with van der Waals surface area (Å²) in [5.41, 5.74) is -0.0683. The van der Waals surface area contributed by atoms with Gasteiger partial charge in [0.1, 0.15) is 5.75 Å². The van der Waals surface area contributed by atoms with Gasteiger partial charge in [-0.05, 0) is 32.2 Å². The number of hydrogen-bond donors (Lipinski definition) is 1. The van der Waals surface area contributed by atoms with Crippen molar-refractivity contribution in [3.05, 3.63) is 0 Å². The van der Waals surface area contributed by atoms with E-state index in [0.29, 0.717) is 6.42 Å². The van der Waals surface area contributed by atoms with E-state index in [4.69, 9.17) is 4.74 Å². The van der Waals surface area contributed by atoms with Crippen LogP contribution in [0.2, 0.25) is 0 Å². The molecular formula is C12H23NO4S. The third kappa shape index (κ3) is 3.23. The molecule has 5 nitrogen and oxygen atoms in total. The zero-order valence-electron chi connectivity index (χ0n) is 11.5. The van der Waals surface area contributed by atoms with Gasteiger partial charge in [0.05, 0.1) is 11.9 Å². The fourth-order valence-corrected chi connectivity index (χ4v) is 4.80. The van der Waals surface area contributed by atoms with E-state index in [2.05, 4.69) is 5.32 Å². The molecular weight excluding hydrogens is 254 g/mol. The SMILES string of the molecule is CCOC(=O)CS(=O)(=O)C1CCC(C)(C)C1NC. The summed E-state index contributed by atoms with van der Waals surface area (Å²) in [7, 11) is -1.68. The van der Waals surface area contributed by atoms with E-state index in [1.807, 2.05) is 13.8 Å². The van der Waals surface area contributed by atoms with Crippen LogP contribution < -0.4 is 5.32 Å². The first-order valence-corrected chi connectivity index (χ1v) is 8.00. The summed E-state index contributed by atoms with van der Waals surface area (Å²) in [4.78, 5) is 11.3. The monoisotopic (exact) mass is 277 g/mol. The largest absolute Gasteiger partial charge is 0.465 e. The molecule has 106 valence electrons. The van der Waals surface area contributed by atoms with Gasteiger partial charge >= 0.3 is 5.97 Å². The predicted octanol–water partition coefficient (Wildman–Crippen LogP) is 0.741. The summed E-state index contributed by atoms with van der Waals surface area (Å²) in [6.45, 7) is 5.97. The number of sulfone groups is 1. The van der Waals surface area contributed by atoms with Crippen LogP contribution in [-0.2, 0) is 19.4 Å². The highest BCUT2D eigenvalue weighted by molar-refractivity contribution is 7.92. The topological polar surface area (TPSA) is 72.5 Å². The van der Waals surface area contributed by atoms with Crippen molar-refractivity contribution in [1.82, 2.24) is 5.32 Å². The molecule has 18 heavy (non-hydrogen) atoms. The van der Waals surface area contributed by atoms with Gasteiger partial charge < -0.3 is 10.1 Å². The number of carbonyl (C=O) groups is 1. The Morgan fingerprint density at radius 1 is 1.44 bits per heavy atom. The van der Waals surface area contributed by atoms with Gasteiger partial charge in [0.2, 0.25) is 0 Å². The Kier molecular flexibility index (Phi) is 4.78. The van der Waals surface area contributed by atoms with Crippen molar-refractivity contribution in [3.63, 3.8) is 0 Å². The van der Waals surface area contributed by atoms with Crippen molar-refractivity contribution in [2.75, 3.05) is 19.4 Å². The second kappa shape index (κ2) is 5.57. The molecule has 0 aromatic heterocycles. The molecule has 6 heteroatoms. The fraction of sp³-hybridized carbons (Fsp3) is 0.917. The van der Waals surface area contributed by atoms with Crippen LogP contribution >= 0.6 is 0 Å². The van der Waals surface area contributed by atoms with E-state index in [1.54, 1.807) is 14.0 Å². The number of nitrogens with one attached hydrogen (secondary N) is 1. The smallest absolute Gasteiger partial charge is 0.321 e. The molecule has 0 aromatic carbocycles. The first kappa shape index (κ1) is 15.4. The molecule has 0 bridgehead atoms. The maximum Gasteiger partial charge on any atom is 0.321 e. The zero-order valence-corrected chi connectivity index (χ0v) is 12.3. The maximum atomic E-state index is 12.2. The first-order chi connectivity index (χ1) is 8.24. The van der Waals surface area contributed by atoms with Gasteiger partial charge in [-0.15, -0.1) is 0 Å². The Morgan fingerprint density at radius 2 is 2.06 bits per heavy atom. The summed E-state index contributed by atoms with van der Waals surface area (Å²) in [6.07, 6.45) is 1.44. The zero-order chi connectivity index (χ0) is 14.0. The number of ether oxygens (including phenoxy) is 1. The van der Waals surface area contributed by atoms with E-state index in [-0.39, 0.29) is 18.1 Å². The van der Waals surface area contributed by atoms with Gasteiger partial charge in [-0.2, -0.15) is 0 Å². The lowest BCUT2D eigenvalue weighted by Crippen LogP contribution is -2.47. The molecule has 1 aliphatic carbocycles. The van der Waals surface area contributed by atoms with Gasteiger partial charge in [-0.1, -0.05) is 13.8 Å². The molecule has 1 fully saturated rings. The normalized spacial score (nSPS) is 27.1. The average Bonchev–Trinajstić information content (AvgIpc) is 2.53. The minimum absolute atomic E-state index is 0.0683. The van der Waals surface area contributed by atoms with Crippen molar-refractivity contribution >= 4 is 15.8 Å². The quantitative estimate of drug-likeness (QED) is 0.750. The van der Waals surface area contributed by atoms with Crippen LogP contribution in [0.5, 0.6) is 0 Å². The van der Waals surface area contributed by atoms with Crippen LogP contribution in [-0.4, -0.2) is 45.1 Å². The minimum atomic E-state index is -3.45. The van der Waals surface area contributed by atoms with Crippen molar-refractivity contribution in [2.45, 2.75) is 44.9 Å². The Balaban J connectivity index is 2.83. The molecule has 0 radical (unpaired) electrons. The van der Waals surface area contributed by atoms with Crippen LogP contribution in [0.4, 0.5) is 0 Å². The van der Waals surface area contributed by atoms with Crippen LogP contribution in [0, 0.1) is 5.41 Å². The molecule has 0 spiro atoms. The number of rotatable bonds is 5. The van der Waals surface area contributed by atoms with Crippen molar-refractivity contribution in [1.29, 1.82) is 0 Å². The summed E-state index contributed by atoms with van der Waals surface area (Å²) in [5, 5.41) is 2.59. The van der Waals surface area contributed by atoms with Gasteiger partial charge in [0, 0.05) is 6.04 Å². The number of hydrogen-bond acceptors (Lipinski definition) is 5. The molecule has 0 aromatic rings. The summed E-state index contributed by atoms with van der Waals surface area (Å²) in [5.74, 6) is -1.17. The Labute approximate surface area is 109 Å². The second-order valence-electron chi connectivity index (χ2n) is 5.44. The number of esters is 1. The molecule has 0 heterocycles. The third-order valence-electron chi connectivity index (χ3n) is 3.68. The Hall–Kier alpha value is -0.620. The highest BCUT2D eigenvalue weighted by atomic mass is 32.2. The van der Waals surface area contributed by atoms with Crippen LogP contribution in [0.1, 0.15) is 33.6 Å². The highest BCUT2D eigenvalue weighted by Crippen LogP contribution is 2.40. The number of carbonyl (C=O) groups excluding carboxylic acids is 1. The fourth-order valence-electron chi connectivity index (χ4n) is 2.78. The van der Waals surface area contributed by atoms with Crippen molar-refractivity contribution in [3.8, 4) is 0 Å². The molecule has 2 unspecified atom stereocenters. The molecule has 0 aliphatic heterocycles. The summed E-state index contributed by atoms with van der Waals surface area (Å²) >= 11 is 0. The molecule has 0 saturated heterocycles. The van der Waals surface area contributed by atoms with Crippen LogP contribution in [0.15, 0.2) is 0 Å². The van der Waals surface area contributed by atoms with Gasteiger partial charge in [0.15, 0.2) is 9.84 Å². The van der Waals surface area contributed by atoms with Crippen molar-refractivity contribution in [2.24, 2.45) is 5.41 Å². The van der Waals surface area contributed by atoms with E-state index in [1.165, 1.54) is 0 Å². The van der Waals surface area contributed by atoms with E-state index in [0.717, 1.165) is 6.42 Å². The highest BCUT2D eigenvalue weighted by Gasteiger charge is 2.47. The average molecular weight is 277 g/mol. The van der Waals surface area contributed by atoms with Gasteiger partial charge in [0.25, 0.3) is 0 Å². The Bertz CT molecular complexity index is 402. The molecule has 1 saturated carbocycles. The molecule has 0 amide bonds.